The second-order valence-electron chi connectivity index (χ2n) is 8.61. The number of nitrogens with two attached hydrogens (primary N) is 1. The van der Waals surface area contributed by atoms with E-state index in [-0.39, 0.29) is 18.0 Å². The molecule has 5 nitrogen and oxygen atoms in total. The number of rotatable bonds is 3. The van der Waals surface area contributed by atoms with Crippen molar-refractivity contribution in [1.29, 1.82) is 0 Å². The van der Waals surface area contributed by atoms with Crippen LogP contribution >= 0.6 is 0 Å². The lowest BCUT2D eigenvalue weighted by molar-refractivity contribution is 0.0728. The van der Waals surface area contributed by atoms with Crippen LogP contribution in [0.15, 0.2) is 79.1 Å². The van der Waals surface area contributed by atoms with E-state index < -0.39 is 0 Å². The molecule has 3 aromatic carbocycles. The molecule has 3 heterocycles. The molecule has 2 N–H and O–H groups in total. The van der Waals surface area contributed by atoms with E-state index in [2.05, 4.69) is 52.5 Å². The SMILES string of the molecule is N[C@@H]1C[C@H]2CC[C@@H]1N2C(=O)c1cccc2c(-c3ccc(-n4cccn4)cc3)cccc12. The zero-order chi connectivity index (χ0) is 20.9. The second-order valence-corrected chi connectivity index (χ2v) is 8.61. The van der Waals surface area contributed by atoms with Gasteiger partial charge < -0.3 is 10.6 Å². The molecule has 0 radical (unpaired) electrons. The van der Waals surface area contributed by atoms with Gasteiger partial charge in [0.05, 0.1) is 5.69 Å². The summed E-state index contributed by atoms with van der Waals surface area (Å²) in [5.41, 5.74) is 10.3. The summed E-state index contributed by atoms with van der Waals surface area (Å²) < 4.78 is 1.85. The Hall–Kier alpha value is -3.44. The van der Waals surface area contributed by atoms with Crippen LogP contribution in [-0.2, 0) is 0 Å². The molecule has 6 rings (SSSR count). The van der Waals surface area contributed by atoms with Crippen molar-refractivity contribution in [3.8, 4) is 16.8 Å². The Kier molecular flexibility index (Phi) is 4.18. The van der Waals surface area contributed by atoms with Crippen LogP contribution in [0.1, 0.15) is 29.6 Å². The topological polar surface area (TPSA) is 64.2 Å². The van der Waals surface area contributed by atoms with Crippen molar-refractivity contribution in [2.45, 2.75) is 37.4 Å². The zero-order valence-corrected chi connectivity index (χ0v) is 17.2. The van der Waals surface area contributed by atoms with E-state index in [0.717, 1.165) is 52.4 Å². The molecule has 2 saturated heterocycles. The fourth-order valence-electron chi connectivity index (χ4n) is 5.45. The Balaban J connectivity index is 1.40. The molecule has 1 amide bonds. The third-order valence-electron chi connectivity index (χ3n) is 6.92. The number of aromatic nitrogens is 2. The first kappa shape index (κ1) is 18.3. The minimum atomic E-state index is 0.113. The minimum Gasteiger partial charge on any atom is -0.331 e. The number of nitrogens with zero attached hydrogens (tertiary/aromatic N) is 3. The van der Waals surface area contributed by atoms with Gasteiger partial charge in [-0.15, -0.1) is 0 Å². The van der Waals surface area contributed by atoms with E-state index in [1.807, 2.05) is 35.1 Å². The number of hydrogen-bond acceptors (Lipinski definition) is 3. The molecule has 0 saturated carbocycles. The molecule has 5 heteroatoms. The van der Waals surface area contributed by atoms with Crippen molar-refractivity contribution in [1.82, 2.24) is 14.7 Å². The van der Waals surface area contributed by atoms with Crippen LogP contribution < -0.4 is 5.73 Å². The van der Waals surface area contributed by atoms with E-state index in [9.17, 15) is 4.79 Å². The Labute approximate surface area is 181 Å². The fourth-order valence-corrected chi connectivity index (χ4v) is 5.45. The van der Waals surface area contributed by atoms with Gasteiger partial charge in [-0.05, 0) is 65.4 Å². The average Bonchev–Trinajstić information content (AvgIpc) is 3.54. The zero-order valence-electron chi connectivity index (χ0n) is 17.2. The van der Waals surface area contributed by atoms with Gasteiger partial charge in [0.1, 0.15) is 0 Å². The average molecular weight is 409 g/mol. The Morgan fingerprint density at radius 2 is 1.74 bits per heavy atom. The predicted octanol–water partition coefficient (Wildman–Crippen LogP) is 4.40. The molecule has 4 aromatic rings. The molecule has 154 valence electrons. The van der Waals surface area contributed by atoms with E-state index in [1.54, 1.807) is 6.20 Å². The quantitative estimate of drug-likeness (QED) is 0.547. The molecule has 2 aliphatic heterocycles. The highest BCUT2D eigenvalue weighted by molar-refractivity contribution is 6.10. The molecule has 0 aliphatic carbocycles. The number of fused-ring (bicyclic) bond motifs is 3. The molecular formula is C26H24N4O. The van der Waals surface area contributed by atoms with Crippen molar-refractivity contribution in [3.05, 3.63) is 84.7 Å². The summed E-state index contributed by atoms with van der Waals surface area (Å²) in [6.45, 7) is 0. The molecule has 3 atom stereocenters. The van der Waals surface area contributed by atoms with E-state index >= 15 is 0 Å². The third-order valence-corrected chi connectivity index (χ3v) is 6.92. The normalized spacial score (nSPS) is 22.4. The van der Waals surface area contributed by atoms with Crippen LogP contribution in [0.5, 0.6) is 0 Å². The molecule has 0 unspecified atom stereocenters. The number of carbonyl (C=O) groups excluding carboxylic acids is 1. The first-order valence-electron chi connectivity index (χ1n) is 10.9. The van der Waals surface area contributed by atoms with Crippen LogP contribution in [0.25, 0.3) is 27.6 Å². The van der Waals surface area contributed by atoms with Gasteiger partial charge in [-0.25, -0.2) is 4.68 Å². The number of amides is 1. The van der Waals surface area contributed by atoms with Crippen LogP contribution in [0.3, 0.4) is 0 Å². The van der Waals surface area contributed by atoms with E-state index in [0.29, 0.717) is 6.04 Å². The molecular weight excluding hydrogens is 384 g/mol. The predicted molar refractivity (Wildman–Crippen MR) is 122 cm³/mol. The van der Waals surface area contributed by atoms with E-state index in [4.69, 9.17) is 5.73 Å². The van der Waals surface area contributed by atoms with Gasteiger partial charge in [-0.3, -0.25) is 4.79 Å². The van der Waals surface area contributed by atoms with Crippen molar-refractivity contribution in [2.24, 2.45) is 5.73 Å². The Morgan fingerprint density at radius 3 is 2.45 bits per heavy atom. The van der Waals surface area contributed by atoms with Crippen LogP contribution in [0.2, 0.25) is 0 Å². The smallest absolute Gasteiger partial charge is 0.255 e. The van der Waals surface area contributed by atoms with Crippen molar-refractivity contribution in [3.63, 3.8) is 0 Å². The highest BCUT2D eigenvalue weighted by Gasteiger charge is 2.47. The largest absolute Gasteiger partial charge is 0.331 e. The lowest BCUT2D eigenvalue weighted by Crippen LogP contribution is -2.40. The van der Waals surface area contributed by atoms with Crippen LogP contribution in [-0.4, -0.2) is 38.7 Å². The van der Waals surface area contributed by atoms with Gasteiger partial charge in [0, 0.05) is 36.1 Å². The maximum Gasteiger partial charge on any atom is 0.255 e. The molecule has 1 aromatic heterocycles. The Morgan fingerprint density at radius 1 is 0.935 bits per heavy atom. The number of benzene rings is 3. The first-order chi connectivity index (χ1) is 15.2. The van der Waals surface area contributed by atoms with Crippen LogP contribution in [0, 0.1) is 0 Å². The summed E-state index contributed by atoms with van der Waals surface area (Å²) >= 11 is 0. The number of hydrogen-bond donors (Lipinski definition) is 1. The van der Waals surface area contributed by atoms with Gasteiger partial charge in [0.25, 0.3) is 5.91 Å². The monoisotopic (exact) mass is 408 g/mol. The van der Waals surface area contributed by atoms with Gasteiger partial charge >= 0.3 is 0 Å². The summed E-state index contributed by atoms with van der Waals surface area (Å²) in [5.74, 6) is 0.122. The van der Waals surface area contributed by atoms with Gasteiger partial charge in [0.2, 0.25) is 0 Å². The molecule has 2 bridgehead atoms. The third kappa shape index (κ3) is 2.88. The van der Waals surface area contributed by atoms with Gasteiger partial charge in [0.15, 0.2) is 0 Å². The number of carbonyl (C=O) groups is 1. The summed E-state index contributed by atoms with van der Waals surface area (Å²) in [4.78, 5) is 15.6. The fraction of sp³-hybridized carbons (Fsp3) is 0.231. The summed E-state index contributed by atoms with van der Waals surface area (Å²) in [7, 11) is 0. The maximum atomic E-state index is 13.6. The highest BCUT2D eigenvalue weighted by atomic mass is 16.2. The van der Waals surface area contributed by atoms with E-state index in [1.165, 1.54) is 0 Å². The van der Waals surface area contributed by atoms with Crippen LogP contribution in [0.4, 0.5) is 0 Å². The second kappa shape index (κ2) is 7.06. The molecule has 2 fully saturated rings. The Bertz CT molecular complexity index is 1260. The lowest BCUT2D eigenvalue weighted by atomic mass is 9.95. The standard InChI is InChI=1S/C26H24N4O/c27-24-16-19-12-13-25(24)30(19)26(31)23-7-2-5-21-20(4-1-6-22(21)23)17-8-10-18(11-9-17)29-15-3-14-28-29/h1-11,14-15,19,24-25H,12-13,16,27H2/t19-,24-,25+/m1/s1. The molecule has 31 heavy (non-hydrogen) atoms. The van der Waals surface area contributed by atoms with Crippen molar-refractivity contribution < 1.29 is 4.79 Å². The lowest BCUT2D eigenvalue weighted by Gasteiger charge is -2.24. The van der Waals surface area contributed by atoms with Crippen molar-refractivity contribution >= 4 is 16.7 Å². The molecule has 0 spiro atoms. The molecule has 2 aliphatic rings. The first-order valence-corrected chi connectivity index (χ1v) is 10.9. The van der Waals surface area contributed by atoms with Crippen molar-refractivity contribution in [2.75, 3.05) is 0 Å². The highest BCUT2D eigenvalue weighted by Crippen LogP contribution is 2.39. The summed E-state index contributed by atoms with van der Waals surface area (Å²) in [5, 5.41) is 6.39. The summed E-state index contributed by atoms with van der Waals surface area (Å²) in [6.07, 6.45) is 6.73. The minimum absolute atomic E-state index is 0.113. The summed E-state index contributed by atoms with van der Waals surface area (Å²) in [6, 6.07) is 23.1. The van der Waals surface area contributed by atoms with Gasteiger partial charge in [-0.1, -0.05) is 42.5 Å². The van der Waals surface area contributed by atoms with Gasteiger partial charge in [-0.2, -0.15) is 5.10 Å². The maximum absolute atomic E-state index is 13.6.